The van der Waals surface area contributed by atoms with Gasteiger partial charge in [0.15, 0.2) is 0 Å². The van der Waals surface area contributed by atoms with Gasteiger partial charge in [-0.2, -0.15) is 0 Å². The first-order chi connectivity index (χ1) is 8.58. The van der Waals surface area contributed by atoms with E-state index in [-0.39, 0.29) is 18.1 Å². The fraction of sp³-hybridized carbons (Fsp3) is 0.923. The highest BCUT2D eigenvalue weighted by atomic mass is 16.5. The Labute approximate surface area is 109 Å². The van der Waals surface area contributed by atoms with Gasteiger partial charge < -0.3 is 20.3 Å². The van der Waals surface area contributed by atoms with Crippen LogP contribution in [0.1, 0.15) is 19.8 Å². The SMILES string of the molecule is CC(N)C1CN(C(=O)C2CCN(C)CC2)CCO1. The van der Waals surface area contributed by atoms with Crippen LogP contribution >= 0.6 is 0 Å². The molecular weight excluding hydrogens is 230 g/mol. The minimum atomic E-state index is -0.0157. The molecule has 0 spiro atoms. The third kappa shape index (κ3) is 3.22. The highest BCUT2D eigenvalue weighted by molar-refractivity contribution is 5.79. The Bertz CT molecular complexity index is 288. The molecule has 2 unspecified atom stereocenters. The molecule has 2 heterocycles. The summed E-state index contributed by atoms with van der Waals surface area (Å²) in [6.07, 6.45) is 1.96. The van der Waals surface area contributed by atoms with Crippen LogP contribution in [0.2, 0.25) is 0 Å². The minimum absolute atomic E-state index is 0.00559. The molecule has 0 aromatic heterocycles. The largest absolute Gasteiger partial charge is 0.373 e. The van der Waals surface area contributed by atoms with E-state index in [4.69, 9.17) is 10.5 Å². The van der Waals surface area contributed by atoms with Crippen molar-refractivity contribution in [1.29, 1.82) is 0 Å². The van der Waals surface area contributed by atoms with E-state index < -0.39 is 0 Å². The van der Waals surface area contributed by atoms with E-state index >= 15 is 0 Å². The van der Waals surface area contributed by atoms with Gasteiger partial charge in [0.1, 0.15) is 0 Å². The molecule has 0 bridgehead atoms. The zero-order chi connectivity index (χ0) is 13.1. The molecule has 5 heteroatoms. The number of ether oxygens (including phenoxy) is 1. The maximum Gasteiger partial charge on any atom is 0.225 e. The van der Waals surface area contributed by atoms with Crippen molar-refractivity contribution in [2.75, 3.05) is 39.8 Å². The van der Waals surface area contributed by atoms with Crippen LogP contribution in [0.3, 0.4) is 0 Å². The summed E-state index contributed by atoms with van der Waals surface area (Å²) in [5.41, 5.74) is 5.86. The number of carbonyl (C=O) groups excluding carboxylic acids is 1. The molecule has 0 radical (unpaired) electrons. The average Bonchev–Trinajstić information content (AvgIpc) is 2.39. The Hall–Kier alpha value is -0.650. The molecule has 2 atom stereocenters. The Morgan fingerprint density at radius 3 is 2.61 bits per heavy atom. The molecule has 2 aliphatic rings. The van der Waals surface area contributed by atoms with Crippen LogP contribution in [0, 0.1) is 5.92 Å². The molecule has 0 saturated carbocycles. The topological polar surface area (TPSA) is 58.8 Å². The van der Waals surface area contributed by atoms with E-state index in [9.17, 15) is 4.79 Å². The van der Waals surface area contributed by atoms with Gasteiger partial charge in [-0.3, -0.25) is 4.79 Å². The first-order valence-electron chi connectivity index (χ1n) is 6.92. The fourth-order valence-corrected chi connectivity index (χ4v) is 2.71. The summed E-state index contributed by atoms with van der Waals surface area (Å²) in [5.74, 6) is 0.505. The van der Waals surface area contributed by atoms with Gasteiger partial charge in [0.05, 0.1) is 12.7 Å². The number of nitrogens with two attached hydrogens (primary N) is 1. The first-order valence-corrected chi connectivity index (χ1v) is 6.92. The van der Waals surface area contributed by atoms with Gasteiger partial charge in [-0.1, -0.05) is 0 Å². The molecule has 2 fully saturated rings. The van der Waals surface area contributed by atoms with Crippen LogP contribution in [-0.2, 0) is 9.53 Å². The number of nitrogens with zero attached hydrogens (tertiary/aromatic N) is 2. The predicted octanol–water partition coefficient (Wildman–Crippen LogP) is -0.0972. The monoisotopic (exact) mass is 255 g/mol. The van der Waals surface area contributed by atoms with Gasteiger partial charge in [-0.05, 0) is 39.9 Å². The summed E-state index contributed by atoms with van der Waals surface area (Å²) in [4.78, 5) is 16.7. The van der Waals surface area contributed by atoms with E-state index in [0.717, 1.165) is 25.9 Å². The lowest BCUT2D eigenvalue weighted by Crippen LogP contribution is -2.53. The molecule has 5 nitrogen and oxygen atoms in total. The van der Waals surface area contributed by atoms with Crippen LogP contribution in [0.15, 0.2) is 0 Å². The number of likely N-dealkylation sites (tertiary alicyclic amines) is 1. The van der Waals surface area contributed by atoms with Gasteiger partial charge in [-0.25, -0.2) is 0 Å². The standard InChI is InChI=1S/C13H25N3O2/c1-10(14)12-9-16(7-8-18-12)13(17)11-3-5-15(2)6-4-11/h10-12H,3-9,14H2,1-2H3. The zero-order valence-corrected chi connectivity index (χ0v) is 11.5. The second-order valence-electron chi connectivity index (χ2n) is 5.63. The van der Waals surface area contributed by atoms with Crippen molar-refractivity contribution in [3.63, 3.8) is 0 Å². The maximum atomic E-state index is 12.4. The van der Waals surface area contributed by atoms with Crippen LogP contribution in [0.4, 0.5) is 0 Å². The highest BCUT2D eigenvalue weighted by Crippen LogP contribution is 2.20. The molecule has 2 rings (SSSR count). The lowest BCUT2D eigenvalue weighted by atomic mass is 9.95. The Kier molecular flexibility index (Phi) is 4.59. The number of piperidine rings is 1. The summed E-state index contributed by atoms with van der Waals surface area (Å²) in [6.45, 7) is 5.98. The van der Waals surface area contributed by atoms with Crippen LogP contribution in [0.5, 0.6) is 0 Å². The fourth-order valence-electron chi connectivity index (χ4n) is 2.71. The second-order valence-corrected chi connectivity index (χ2v) is 5.63. The Balaban J connectivity index is 1.88. The molecule has 104 valence electrons. The van der Waals surface area contributed by atoms with Gasteiger partial charge in [0.2, 0.25) is 5.91 Å². The molecule has 18 heavy (non-hydrogen) atoms. The minimum Gasteiger partial charge on any atom is -0.373 e. The van der Waals surface area contributed by atoms with E-state index in [0.29, 0.717) is 25.6 Å². The Morgan fingerprint density at radius 1 is 1.33 bits per heavy atom. The summed E-state index contributed by atoms with van der Waals surface area (Å²) in [5, 5.41) is 0. The van der Waals surface area contributed by atoms with E-state index in [1.165, 1.54) is 0 Å². The molecule has 2 saturated heterocycles. The molecule has 2 N–H and O–H groups in total. The lowest BCUT2D eigenvalue weighted by molar-refractivity contribution is -0.145. The normalized spacial score (nSPS) is 29.3. The summed E-state index contributed by atoms with van der Waals surface area (Å²) in [6, 6.07) is -0.0157. The van der Waals surface area contributed by atoms with Crippen molar-refractivity contribution in [1.82, 2.24) is 9.80 Å². The smallest absolute Gasteiger partial charge is 0.225 e. The molecular formula is C13H25N3O2. The lowest BCUT2D eigenvalue weighted by Gasteiger charge is -2.38. The average molecular weight is 255 g/mol. The van der Waals surface area contributed by atoms with Crippen molar-refractivity contribution in [3.05, 3.63) is 0 Å². The molecule has 0 aliphatic carbocycles. The number of hydrogen-bond acceptors (Lipinski definition) is 4. The quantitative estimate of drug-likeness (QED) is 0.749. The molecule has 1 amide bonds. The number of morpholine rings is 1. The first kappa shape index (κ1) is 13.8. The van der Waals surface area contributed by atoms with Crippen LogP contribution in [0.25, 0.3) is 0 Å². The van der Waals surface area contributed by atoms with Gasteiger partial charge in [0, 0.05) is 25.0 Å². The predicted molar refractivity (Wildman–Crippen MR) is 70.2 cm³/mol. The van der Waals surface area contributed by atoms with E-state index in [2.05, 4.69) is 11.9 Å². The van der Waals surface area contributed by atoms with Crippen molar-refractivity contribution < 1.29 is 9.53 Å². The number of amides is 1. The van der Waals surface area contributed by atoms with Gasteiger partial charge in [-0.15, -0.1) is 0 Å². The van der Waals surface area contributed by atoms with Gasteiger partial charge >= 0.3 is 0 Å². The zero-order valence-electron chi connectivity index (χ0n) is 11.5. The third-order valence-electron chi connectivity index (χ3n) is 4.06. The van der Waals surface area contributed by atoms with Gasteiger partial charge in [0.25, 0.3) is 0 Å². The van der Waals surface area contributed by atoms with Crippen LogP contribution in [-0.4, -0.2) is 67.7 Å². The number of hydrogen-bond donors (Lipinski definition) is 1. The van der Waals surface area contributed by atoms with E-state index in [1.54, 1.807) is 0 Å². The second kappa shape index (κ2) is 5.99. The number of rotatable bonds is 2. The summed E-state index contributed by atoms with van der Waals surface area (Å²) >= 11 is 0. The van der Waals surface area contributed by atoms with Crippen LogP contribution < -0.4 is 5.73 Å². The summed E-state index contributed by atoms with van der Waals surface area (Å²) in [7, 11) is 2.11. The van der Waals surface area contributed by atoms with E-state index in [1.807, 2.05) is 11.8 Å². The van der Waals surface area contributed by atoms with Crippen molar-refractivity contribution >= 4 is 5.91 Å². The molecule has 2 aliphatic heterocycles. The van der Waals surface area contributed by atoms with Crippen molar-refractivity contribution in [3.8, 4) is 0 Å². The Morgan fingerprint density at radius 2 is 2.00 bits per heavy atom. The highest BCUT2D eigenvalue weighted by Gasteiger charge is 2.31. The third-order valence-corrected chi connectivity index (χ3v) is 4.06. The maximum absolute atomic E-state index is 12.4. The van der Waals surface area contributed by atoms with Crippen molar-refractivity contribution in [2.24, 2.45) is 11.7 Å². The molecule has 0 aromatic rings. The molecule has 0 aromatic carbocycles. The number of carbonyl (C=O) groups is 1. The van der Waals surface area contributed by atoms with Crippen molar-refractivity contribution in [2.45, 2.75) is 31.9 Å². The summed E-state index contributed by atoms with van der Waals surface area (Å²) < 4.78 is 5.60.